The van der Waals surface area contributed by atoms with Gasteiger partial charge in [0.2, 0.25) is 5.56 Å². The second-order valence-corrected chi connectivity index (χ2v) is 5.19. The largest absolute Gasteiger partial charge is 0.478 e. The molecule has 0 aliphatic rings. The first-order valence-corrected chi connectivity index (χ1v) is 6.84. The van der Waals surface area contributed by atoms with Crippen molar-refractivity contribution in [1.29, 1.82) is 0 Å². The van der Waals surface area contributed by atoms with Gasteiger partial charge in [-0.15, -0.1) is 0 Å². The minimum absolute atomic E-state index is 0.0199. The van der Waals surface area contributed by atoms with Crippen molar-refractivity contribution in [2.24, 2.45) is 0 Å². The molecule has 0 unspecified atom stereocenters. The van der Waals surface area contributed by atoms with E-state index in [0.29, 0.717) is 22.0 Å². The van der Waals surface area contributed by atoms with Gasteiger partial charge in [0, 0.05) is 11.5 Å². The first-order valence-electron chi connectivity index (χ1n) is 6.84. The predicted molar refractivity (Wildman–Crippen MR) is 82.0 cm³/mol. The second kappa shape index (κ2) is 5.52. The van der Waals surface area contributed by atoms with Gasteiger partial charge in [-0.2, -0.15) is 13.2 Å². The van der Waals surface area contributed by atoms with Gasteiger partial charge in [0.25, 0.3) is 0 Å². The van der Waals surface area contributed by atoms with E-state index in [-0.39, 0.29) is 5.56 Å². The van der Waals surface area contributed by atoms with E-state index < -0.39 is 23.3 Å². The van der Waals surface area contributed by atoms with Crippen LogP contribution in [0, 0.1) is 0 Å². The number of carbonyl (C=O) groups is 1. The lowest BCUT2D eigenvalue weighted by Gasteiger charge is -2.10. The molecule has 1 heterocycles. The number of alkyl halides is 3. The molecule has 2 N–H and O–H groups in total. The Bertz CT molecular complexity index is 989. The summed E-state index contributed by atoms with van der Waals surface area (Å²) in [4.78, 5) is 25.4. The molecule has 3 aromatic rings. The summed E-state index contributed by atoms with van der Waals surface area (Å²) in [5.41, 5.74) is -0.509. The van der Waals surface area contributed by atoms with E-state index >= 15 is 0 Å². The summed E-state index contributed by atoms with van der Waals surface area (Å²) in [7, 11) is 0. The van der Waals surface area contributed by atoms with Crippen molar-refractivity contribution in [3.05, 3.63) is 70.0 Å². The number of pyridine rings is 1. The number of benzene rings is 2. The van der Waals surface area contributed by atoms with Crippen molar-refractivity contribution >= 4 is 16.7 Å². The Balaban J connectivity index is 2.19. The van der Waals surface area contributed by atoms with E-state index in [1.807, 2.05) is 0 Å². The van der Waals surface area contributed by atoms with Gasteiger partial charge in [-0.25, -0.2) is 4.79 Å². The molecule has 2 aromatic carbocycles. The quantitative estimate of drug-likeness (QED) is 0.747. The molecule has 3 rings (SSSR count). The van der Waals surface area contributed by atoms with Gasteiger partial charge >= 0.3 is 12.1 Å². The van der Waals surface area contributed by atoms with E-state index in [2.05, 4.69) is 4.98 Å². The predicted octanol–water partition coefficient (Wildman–Crippen LogP) is 3.91. The fourth-order valence-corrected chi connectivity index (χ4v) is 2.46. The van der Waals surface area contributed by atoms with Crippen LogP contribution in [-0.2, 0) is 6.18 Å². The summed E-state index contributed by atoms with van der Waals surface area (Å²) in [6.07, 6.45) is -4.44. The lowest BCUT2D eigenvalue weighted by atomic mass is 10.0. The van der Waals surface area contributed by atoms with Crippen LogP contribution in [0.5, 0.6) is 0 Å². The van der Waals surface area contributed by atoms with Crippen LogP contribution in [0.1, 0.15) is 15.9 Å². The number of rotatable bonds is 2. The maximum absolute atomic E-state index is 12.6. The normalized spacial score (nSPS) is 11.6. The zero-order valence-corrected chi connectivity index (χ0v) is 12.0. The molecule has 24 heavy (non-hydrogen) atoms. The zero-order chi connectivity index (χ0) is 17.5. The number of H-pyrrole nitrogens is 1. The van der Waals surface area contributed by atoms with Crippen molar-refractivity contribution in [3.63, 3.8) is 0 Å². The molecule has 0 aliphatic carbocycles. The number of fused-ring (bicyclic) bond motifs is 1. The molecule has 1 aromatic heterocycles. The third-order valence-corrected chi connectivity index (χ3v) is 3.60. The van der Waals surface area contributed by atoms with E-state index in [1.54, 1.807) is 0 Å². The van der Waals surface area contributed by atoms with Crippen molar-refractivity contribution in [1.82, 2.24) is 4.98 Å². The molecule has 0 atom stereocenters. The maximum Gasteiger partial charge on any atom is 0.416 e. The van der Waals surface area contributed by atoms with Gasteiger partial charge in [0.05, 0.1) is 16.8 Å². The maximum atomic E-state index is 12.6. The molecule has 0 spiro atoms. The van der Waals surface area contributed by atoms with E-state index in [0.717, 1.165) is 12.1 Å². The van der Waals surface area contributed by atoms with Crippen LogP contribution in [0.25, 0.3) is 22.0 Å². The van der Waals surface area contributed by atoms with Gasteiger partial charge in [-0.3, -0.25) is 4.79 Å². The molecule has 0 aliphatic heterocycles. The Morgan fingerprint density at radius 3 is 2.25 bits per heavy atom. The summed E-state index contributed by atoms with van der Waals surface area (Å²) in [5, 5.41) is 9.95. The Hall–Kier alpha value is -3.09. The molecule has 4 nitrogen and oxygen atoms in total. The van der Waals surface area contributed by atoms with Crippen molar-refractivity contribution in [3.8, 4) is 11.3 Å². The molecule has 0 saturated heterocycles. The lowest BCUT2D eigenvalue weighted by molar-refractivity contribution is -0.137. The van der Waals surface area contributed by atoms with Crippen LogP contribution in [0.3, 0.4) is 0 Å². The molecule has 0 amide bonds. The summed E-state index contributed by atoms with van der Waals surface area (Å²) < 4.78 is 37.9. The van der Waals surface area contributed by atoms with Crippen LogP contribution < -0.4 is 5.56 Å². The first kappa shape index (κ1) is 15.8. The van der Waals surface area contributed by atoms with Crippen molar-refractivity contribution < 1.29 is 23.1 Å². The van der Waals surface area contributed by atoms with Gasteiger partial charge < -0.3 is 10.1 Å². The van der Waals surface area contributed by atoms with E-state index in [1.165, 1.54) is 36.4 Å². The van der Waals surface area contributed by atoms with Crippen LogP contribution in [-0.4, -0.2) is 16.1 Å². The summed E-state index contributed by atoms with van der Waals surface area (Å²) in [5.74, 6) is -1.13. The number of hydrogen-bond acceptors (Lipinski definition) is 2. The number of carboxylic acid groups (broad SMARTS) is 1. The van der Waals surface area contributed by atoms with Gasteiger partial charge in [-0.05, 0) is 35.2 Å². The Morgan fingerprint density at radius 2 is 1.67 bits per heavy atom. The monoisotopic (exact) mass is 333 g/mol. The number of nitrogens with one attached hydrogen (secondary N) is 1. The van der Waals surface area contributed by atoms with Gasteiger partial charge in [0.15, 0.2) is 0 Å². The third kappa shape index (κ3) is 2.88. The smallest absolute Gasteiger partial charge is 0.416 e. The number of aromatic amines is 1. The Morgan fingerprint density at radius 1 is 1.00 bits per heavy atom. The number of carboxylic acids is 1. The van der Waals surface area contributed by atoms with Crippen LogP contribution in [0.15, 0.2) is 53.3 Å². The fourth-order valence-electron chi connectivity index (χ4n) is 2.46. The average molecular weight is 333 g/mol. The highest BCUT2D eigenvalue weighted by Gasteiger charge is 2.30. The molecule has 0 fully saturated rings. The van der Waals surface area contributed by atoms with Crippen LogP contribution >= 0.6 is 0 Å². The second-order valence-electron chi connectivity index (χ2n) is 5.19. The lowest BCUT2D eigenvalue weighted by Crippen LogP contribution is -2.07. The van der Waals surface area contributed by atoms with Crippen LogP contribution in [0.2, 0.25) is 0 Å². The topological polar surface area (TPSA) is 70.2 Å². The minimum atomic E-state index is -4.44. The zero-order valence-electron chi connectivity index (χ0n) is 12.0. The highest BCUT2D eigenvalue weighted by molar-refractivity contribution is 5.99. The number of halogens is 3. The van der Waals surface area contributed by atoms with E-state index in [9.17, 15) is 22.8 Å². The first-order chi connectivity index (χ1) is 11.3. The Labute approximate surface area is 133 Å². The van der Waals surface area contributed by atoms with Crippen molar-refractivity contribution in [2.45, 2.75) is 6.18 Å². The van der Waals surface area contributed by atoms with Crippen molar-refractivity contribution in [2.75, 3.05) is 0 Å². The average Bonchev–Trinajstić information content (AvgIpc) is 2.52. The Kier molecular flexibility index (Phi) is 3.63. The summed E-state index contributed by atoms with van der Waals surface area (Å²) in [6, 6.07) is 9.86. The highest BCUT2D eigenvalue weighted by Crippen LogP contribution is 2.32. The standard InChI is InChI=1S/C17H10F3NO3/c18-17(19,20)12-4-1-9(2-5-12)15-13-6-3-10(16(23)24)7-11(13)8-14(22)21-15/h1-8H,(H,21,22)(H,23,24). The number of hydrogen-bond donors (Lipinski definition) is 2. The summed E-state index contributed by atoms with van der Waals surface area (Å²) in [6.45, 7) is 0. The molecule has 7 heteroatoms. The molecule has 0 bridgehead atoms. The molecule has 0 saturated carbocycles. The fraction of sp³-hybridized carbons (Fsp3) is 0.0588. The minimum Gasteiger partial charge on any atom is -0.478 e. The van der Waals surface area contributed by atoms with Gasteiger partial charge in [0.1, 0.15) is 0 Å². The van der Waals surface area contributed by atoms with Gasteiger partial charge in [-0.1, -0.05) is 18.2 Å². The molecule has 122 valence electrons. The van der Waals surface area contributed by atoms with Crippen LogP contribution in [0.4, 0.5) is 13.2 Å². The molecular weight excluding hydrogens is 323 g/mol. The third-order valence-electron chi connectivity index (χ3n) is 3.60. The SMILES string of the molecule is O=C(O)c1ccc2c(-c3ccc(C(F)(F)F)cc3)[nH]c(=O)cc2c1. The highest BCUT2D eigenvalue weighted by atomic mass is 19.4. The molecule has 0 radical (unpaired) electrons. The molecular formula is C17H10F3NO3. The number of aromatic nitrogens is 1. The van der Waals surface area contributed by atoms with E-state index in [4.69, 9.17) is 5.11 Å². The number of aromatic carboxylic acids is 1. The summed E-state index contributed by atoms with van der Waals surface area (Å²) >= 11 is 0.